The van der Waals surface area contributed by atoms with Crippen LogP contribution in [-0.2, 0) is 16.0 Å². The van der Waals surface area contributed by atoms with Gasteiger partial charge in [-0.3, -0.25) is 9.59 Å². The number of likely N-dealkylation sites (N-methyl/N-ethyl adjacent to an activating group) is 1. The molecular formula is C21H26N4O4. The van der Waals surface area contributed by atoms with E-state index in [0.29, 0.717) is 19.4 Å². The van der Waals surface area contributed by atoms with E-state index >= 15 is 0 Å². The summed E-state index contributed by atoms with van der Waals surface area (Å²) in [6.45, 7) is 0.343. The van der Waals surface area contributed by atoms with Gasteiger partial charge in [0.15, 0.2) is 0 Å². The number of carbonyl (C=O) groups is 2. The van der Waals surface area contributed by atoms with E-state index in [0.717, 1.165) is 16.7 Å². The number of benzene rings is 1. The van der Waals surface area contributed by atoms with Crippen LogP contribution in [0.2, 0.25) is 0 Å². The molecule has 2 unspecified atom stereocenters. The van der Waals surface area contributed by atoms with Gasteiger partial charge < -0.3 is 20.8 Å². The van der Waals surface area contributed by atoms with Crippen LogP contribution >= 0.6 is 0 Å². The van der Waals surface area contributed by atoms with Gasteiger partial charge in [-0.05, 0) is 30.4 Å². The Labute approximate surface area is 169 Å². The molecule has 0 fully saturated rings. The van der Waals surface area contributed by atoms with Gasteiger partial charge in [-0.2, -0.15) is 0 Å². The number of hydrogen-bond donors (Lipinski definition) is 4. The Morgan fingerprint density at radius 2 is 1.79 bits per heavy atom. The molecule has 8 heteroatoms. The number of rotatable bonds is 11. The van der Waals surface area contributed by atoms with E-state index in [9.17, 15) is 19.8 Å². The molecule has 29 heavy (non-hydrogen) atoms. The van der Waals surface area contributed by atoms with Gasteiger partial charge in [-0.1, -0.05) is 24.3 Å². The largest absolute Gasteiger partial charge is 0.481 e. The van der Waals surface area contributed by atoms with Crippen molar-refractivity contribution in [3.8, 4) is 11.1 Å². The van der Waals surface area contributed by atoms with E-state index in [-0.39, 0.29) is 12.3 Å². The van der Waals surface area contributed by atoms with Crippen molar-refractivity contribution >= 4 is 11.9 Å². The van der Waals surface area contributed by atoms with Crippen molar-refractivity contribution in [3.63, 3.8) is 0 Å². The summed E-state index contributed by atoms with van der Waals surface area (Å²) in [6, 6.07) is 7.82. The minimum absolute atomic E-state index is 0.252. The van der Waals surface area contributed by atoms with Crippen LogP contribution in [0.4, 0.5) is 0 Å². The molecule has 0 radical (unpaired) electrons. The molecule has 1 aromatic heterocycles. The lowest BCUT2D eigenvalue weighted by molar-refractivity contribution is -0.146. The first-order valence-corrected chi connectivity index (χ1v) is 9.38. The predicted molar refractivity (Wildman–Crippen MR) is 109 cm³/mol. The van der Waals surface area contributed by atoms with Crippen LogP contribution in [0.1, 0.15) is 18.4 Å². The van der Waals surface area contributed by atoms with E-state index < -0.39 is 18.0 Å². The Morgan fingerprint density at radius 3 is 2.41 bits per heavy atom. The molecule has 4 N–H and O–H groups in total. The monoisotopic (exact) mass is 398 g/mol. The summed E-state index contributed by atoms with van der Waals surface area (Å²) in [7, 11) is 1.52. The summed E-state index contributed by atoms with van der Waals surface area (Å²) < 4.78 is 0. The maximum Gasteiger partial charge on any atom is 0.309 e. The maximum absolute atomic E-state index is 11.5. The third-order valence-corrected chi connectivity index (χ3v) is 4.56. The second-order valence-electron chi connectivity index (χ2n) is 6.57. The van der Waals surface area contributed by atoms with E-state index in [1.54, 1.807) is 12.4 Å². The number of aromatic nitrogens is 2. The Balaban J connectivity index is 1.83. The molecule has 0 spiro atoms. The number of carboxylic acid groups (broad SMARTS) is 1. The zero-order chi connectivity index (χ0) is 21.1. The highest BCUT2D eigenvalue weighted by Crippen LogP contribution is 2.20. The predicted octanol–water partition coefficient (Wildman–Crippen LogP) is 1.38. The lowest BCUT2D eigenvalue weighted by Gasteiger charge is -2.19. The highest BCUT2D eigenvalue weighted by atomic mass is 16.4. The fraction of sp³-hybridized carbons (Fsp3) is 0.333. The topological polar surface area (TPSA) is 124 Å². The number of aliphatic hydroxyl groups is 1. The number of nitrogens with one attached hydrogen (secondary N) is 2. The maximum atomic E-state index is 11.5. The normalized spacial score (nSPS) is 13.0. The Hall–Kier alpha value is -3.26. The number of carboxylic acids is 1. The van der Waals surface area contributed by atoms with Gasteiger partial charge in [0.25, 0.3) is 0 Å². The number of carbonyl (C=O) groups excluding carboxylic acids is 1. The van der Waals surface area contributed by atoms with E-state index in [1.165, 1.54) is 25.7 Å². The van der Waals surface area contributed by atoms with Gasteiger partial charge in [-0.15, -0.1) is 0 Å². The van der Waals surface area contributed by atoms with Crippen LogP contribution in [0.15, 0.2) is 55.3 Å². The van der Waals surface area contributed by atoms with Gasteiger partial charge >= 0.3 is 5.97 Å². The van der Waals surface area contributed by atoms with Crippen LogP contribution in [0.25, 0.3) is 11.1 Å². The third kappa shape index (κ3) is 7.34. The average molecular weight is 398 g/mol. The van der Waals surface area contributed by atoms with Crippen LogP contribution in [0, 0.1) is 5.92 Å². The molecule has 8 nitrogen and oxygen atoms in total. The lowest BCUT2D eigenvalue weighted by atomic mass is 9.93. The van der Waals surface area contributed by atoms with Crippen molar-refractivity contribution in [1.82, 2.24) is 20.6 Å². The standard InChI is InChI=1S/C21H26N4O4/c1-22-20(27)9-11-23-10-8-18(21(28)29)19(26)7-4-15-2-5-16(6-3-15)17-12-24-14-25-13-17/h2-3,5-6,9,11-14,18-19,23,26H,4,7-8,10H2,1H3,(H,22,27)(H,28,29)/b11-9-. The summed E-state index contributed by atoms with van der Waals surface area (Å²) in [4.78, 5) is 30.6. The first-order chi connectivity index (χ1) is 14.0. The molecule has 0 aliphatic heterocycles. The molecule has 0 bridgehead atoms. The molecule has 1 amide bonds. The fourth-order valence-electron chi connectivity index (χ4n) is 2.85. The Morgan fingerprint density at radius 1 is 1.10 bits per heavy atom. The number of nitrogens with zero attached hydrogens (tertiary/aromatic N) is 2. The minimum Gasteiger partial charge on any atom is -0.481 e. The molecule has 0 saturated carbocycles. The highest BCUT2D eigenvalue weighted by Gasteiger charge is 2.25. The summed E-state index contributed by atoms with van der Waals surface area (Å²) in [5.74, 6) is -2.16. The number of amides is 1. The van der Waals surface area contributed by atoms with E-state index in [4.69, 9.17) is 0 Å². The molecule has 2 atom stereocenters. The van der Waals surface area contributed by atoms with Gasteiger partial charge in [0.05, 0.1) is 12.0 Å². The van der Waals surface area contributed by atoms with Crippen molar-refractivity contribution in [2.45, 2.75) is 25.4 Å². The zero-order valence-corrected chi connectivity index (χ0v) is 16.3. The van der Waals surface area contributed by atoms with Crippen molar-refractivity contribution in [2.24, 2.45) is 5.92 Å². The van der Waals surface area contributed by atoms with Gasteiger partial charge in [0.1, 0.15) is 6.33 Å². The number of aliphatic carboxylic acids is 1. The second-order valence-corrected chi connectivity index (χ2v) is 6.57. The number of hydrogen-bond acceptors (Lipinski definition) is 6. The molecular weight excluding hydrogens is 372 g/mol. The van der Waals surface area contributed by atoms with E-state index in [1.807, 2.05) is 24.3 Å². The van der Waals surface area contributed by atoms with Crippen LogP contribution in [0.5, 0.6) is 0 Å². The summed E-state index contributed by atoms with van der Waals surface area (Å²) >= 11 is 0. The van der Waals surface area contributed by atoms with Crippen molar-refractivity contribution in [3.05, 3.63) is 60.8 Å². The summed E-state index contributed by atoms with van der Waals surface area (Å²) in [5, 5.41) is 25.1. The van der Waals surface area contributed by atoms with Crippen molar-refractivity contribution in [2.75, 3.05) is 13.6 Å². The number of aliphatic hydroxyl groups excluding tert-OH is 1. The first-order valence-electron chi connectivity index (χ1n) is 9.38. The zero-order valence-electron chi connectivity index (χ0n) is 16.3. The number of aryl methyl sites for hydroxylation is 1. The van der Waals surface area contributed by atoms with Gasteiger partial charge in [-0.25, -0.2) is 9.97 Å². The molecule has 154 valence electrons. The van der Waals surface area contributed by atoms with E-state index in [2.05, 4.69) is 20.6 Å². The molecule has 1 aromatic carbocycles. The first kappa shape index (κ1) is 22.0. The van der Waals surface area contributed by atoms with Gasteiger partial charge in [0.2, 0.25) is 5.91 Å². The Kier molecular flexibility index (Phi) is 8.78. The highest BCUT2D eigenvalue weighted by molar-refractivity contribution is 5.87. The lowest BCUT2D eigenvalue weighted by Crippen LogP contribution is -2.31. The van der Waals surface area contributed by atoms with Gasteiger partial charge in [0, 0.05) is 43.8 Å². The Bertz CT molecular complexity index is 809. The summed E-state index contributed by atoms with van der Waals surface area (Å²) in [6.07, 6.45) is 7.94. The molecule has 0 aliphatic rings. The molecule has 0 saturated heterocycles. The quantitative estimate of drug-likeness (QED) is 0.333. The molecule has 0 aliphatic carbocycles. The fourth-order valence-corrected chi connectivity index (χ4v) is 2.85. The van der Waals surface area contributed by atoms with Crippen molar-refractivity contribution in [1.29, 1.82) is 0 Å². The molecule has 2 rings (SSSR count). The molecule has 1 heterocycles. The van der Waals surface area contributed by atoms with Crippen LogP contribution < -0.4 is 10.6 Å². The van der Waals surface area contributed by atoms with Crippen LogP contribution in [0.3, 0.4) is 0 Å². The second kappa shape index (κ2) is 11.6. The molecule has 2 aromatic rings. The third-order valence-electron chi connectivity index (χ3n) is 4.56. The average Bonchev–Trinajstić information content (AvgIpc) is 2.75. The summed E-state index contributed by atoms with van der Waals surface area (Å²) in [5.41, 5.74) is 2.93. The van der Waals surface area contributed by atoms with Crippen molar-refractivity contribution < 1.29 is 19.8 Å². The smallest absolute Gasteiger partial charge is 0.309 e. The van der Waals surface area contributed by atoms with Crippen LogP contribution in [-0.4, -0.2) is 51.8 Å². The SMILES string of the molecule is CNC(=O)/C=C\NCCC(C(=O)O)C(O)CCc1ccc(-c2cncnc2)cc1. The minimum atomic E-state index is -1.03.